The van der Waals surface area contributed by atoms with E-state index >= 15 is 0 Å². The minimum absolute atomic E-state index is 0.0882. The van der Waals surface area contributed by atoms with Crippen LogP contribution in [0.15, 0.2) is 89.9 Å². The van der Waals surface area contributed by atoms with Crippen molar-refractivity contribution in [2.75, 3.05) is 5.73 Å². The molecule has 0 radical (unpaired) electrons. The fourth-order valence-corrected chi connectivity index (χ4v) is 2.95. The van der Waals surface area contributed by atoms with Crippen molar-refractivity contribution in [3.8, 4) is 22.5 Å². The Morgan fingerprint density at radius 2 is 1.41 bits per heavy atom. The molecular formula is C22H18N4O. The van der Waals surface area contributed by atoms with Crippen LogP contribution in [0.4, 0.5) is 5.95 Å². The zero-order valence-corrected chi connectivity index (χ0v) is 14.6. The number of hydrogen-bond acceptors (Lipinski definition) is 4. The number of nitrogen functional groups attached to an aromatic ring is 1. The van der Waals surface area contributed by atoms with E-state index in [-0.39, 0.29) is 11.5 Å². The topological polar surface area (TPSA) is 73.8 Å². The number of hydrogen-bond donors (Lipinski definition) is 1. The van der Waals surface area contributed by atoms with Crippen LogP contribution < -0.4 is 11.3 Å². The quantitative estimate of drug-likeness (QED) is 0.608. The molecule has 2 heterocycles. The Morgan fingerprint density at radius 1 is 0.778 bits per heavy atom. The van der Waals surface area contributed by atoms with Gasteiger partial charge in [-0.15, -0.1) is 0 Å². The first kappa shape index (κ1) is 16.7. The van der Waals surface area contributed by atoms with Gasteiger partial charge in [-0.25, -0.2) is 9.97 Å². The van der Waals surface area contributed by atoms with Gasteiger partial charge in [0, 0.05) is 23.4 Å². The lowest BCUT2D eigenvalue weighted by Crippen LogP contribution is -2.19. The fraction of sp³-hybridized carbons (Fsp3) is 0.0455. The summed E-state index contributed by atoms with van der Waals surface area (Å²) in [6.45, 7) is 0.529. The first-order valence-electron chi connectivity index (χ1n) is 8.64. The summed E-state index contributed by atoms with van der Waals surface area (Å²) in [6, 6.07) is 24.9. The molecule has 0 aliphatic rings. The monoisotopic (exact) mass is 354 g/mol. The van der Waals surface area contributed by atoms with Crippen molar-refractivity contribution >= 4 is 5.95 Å². The largest absolute Gasteiger partial charge is 0.368 e. The van der Waals surface area contributed by atoms with Crippen molar-refractivity contribution in [2.24, 2.45) is 0 Å². The van der Waals surface area contributed by atoms with Crippen LogP contribution in [0.5, 0.6) is 0 Å². The minimum Gasteiger partial charge on any atom is -0.368 e. The predicted molar refractivity (Wildman–Crippen MR) is 107 cm³/mol. The van der Waals surface area contributed by atoms with Gasteiger partial charge in [0.25, 0.3) is 5.56 Å². The molecule has 4 aromatic rings. The van der Waals surface area contributed by atoms with Gasteiger partial charge in [-0.3, -0.25) is 4.79 Å². The molecule has 0 fully saturated rings. The van der Waals surface area contributed by atoms with E-state index in [9.17, 15) is 4.79 Å². The molecule has 5 nitrogen and oxygen atoms in total. The van der Waals surface area contributed by atoms with Crippen LogP contribution in [-0.2, 0) is 6.54 Å². The van der Waals surface area contributed by atoms with Crippen LogP contribution in [0.3, 0.4) is 0 Å². The molecule has 4 rings (SSSR count). The minimum atomic E-state index is -0.0882. The summed E-state index contributed by atoms with van der Waals surface area (Å²) in [6.07, 6.45) is 1.78. The third kappa shape index (κ3) is 3.77. The van der Waals surface area contributed by atoms with Crippen molar-refractivity contribution in [3.63, 3.8) is 0 Å². The van der Waals surface area contributed by atoms with E-state index in [1.165, 1.54) is 0 Å². The van der Waals surface area contributed by atoms with Gasteiger partial charge in [0.15, 0.2) is 0 Å². The average Bonchev–Trinajstić information content (AvgIpc) is 2.70. The lowest BCUT2D eigenvalue weighted by molar-refractivity contribution is 0.760. The Labute approximate surface area is 156 Å². The van der Waals surface area contributed by atoms with Crippen LogP contribution >= 0.6 is 0 Å². The molecule has 0 aliphatic heterocycles. The molecule has 0 bridgehead atoms. The molecule has 132 valence electrons. The van der Waals surface area contributed by atoms with Gasteiger partial charge in [0.1, 0.15) is 0 Å². The van der Waals surface area contributed by atoms with Crippen LogP contribution in [0.25, 0.3) is 22.5 Å². The van der Waals surface area contributed by atoms with Gasteiger partial charge >= 0.3 is 0 Å². The first-order chi connectivity index (χ1) is 13.2. The Bertz CT molecular complexity index is 1120. The van der Waals surface area contributed by atoms with Crippen LogP contribution in [0.1, 0.15) is 5.56 Å². The summed E-state index contributed by atoms with van der Waals surface area (Å²) in [5, 5.41) is 0. The third-order valence-corrected chi connectivity index (χ3v) is 4.30. The normalized spacial score (nSPS) is 10.7. The molecular weight excluding hydrogens is 336 g/mol. The molecule has 0 aliphatic carbocycles. The highest BCUT2D eigenvalue weighted by Crippen LogP contribution is 2.23. The van der Waals surface area contributed by atoms with Gasteiger partial charge in [0.05, 0.1) is 17.9 Å². The summed E-state index contributed by atoms with van der Waals surface area (Å²) < 4.78 is 1.67. The highest BCUT2D eigenvalue weighted by Gasteiger charge is 2.08. The number of rotatable bonds is 4. The Morgan fingerprint density at radius 3 is 2.07 bits per heavy atom. The van der Waals surface area contributed by atoms with Crippen molar-refractivity contribution in [1.82, 2.24) is 14.5 Å². The summed E-state index contributed by atoms with van der Waals surface area (Å²) in [7, 11) is 0. The maximum atomic E-state index is 12.5. The second-order valence-corrected chi connectivity index (χ2v) is 6.23. The van der Waals surface area contributed by atoms with Gasteiger partial charge in [-0.1, -0.05) is 60.7 Å². The first-order valence-corrected chi connectivity index (χ1v) is 8.64. The molecule has 2 N–H and O–H groups in total. The number of nitrogens with two attached hydrogens (primary N) is 1. The molecule has 0 spiro atoms. The highest BCUT2D eigenvalue weighted by atomic mass is 16.1. The van der Waals surface area contributed by atoms with Gasteiger partial charge in [0.2, 0.25) is 5.95 Å². The summed E-state index contributed by atoms with van der Waals surface area (Å²) in [4.78, 5) is 21.2. The fourth-order valence-electron chi connectivity index (χ4n) is 2.95. The molecule has 27 heavy (non-hydrogen) atoms. The average molecular weight is 354 g/mol. The lowest BCUT2D eigenvalue weighted by Gasteiger charge is -2.09. The van der Waals surface area contributed by atoms with Gasteiger partial charge in [-0.2, -0.15) is 0 Å². The molecule has 0 amide bonds. The van der Waals surface area contributed by atoms with Crippen LogP contribution in [-0.4, -0.2) is 14.5 Å². The number of pyridine rings is 1. The van der Waals surface area contributed by atoms with Gasteiger partial charge < -0.3 is 10.3 Å². The standard InChI is InChI=1S/C22H18N4O/c23-22-24-19(17-9-5-2-6-10-17)14-20(25-22)18-11-12-26(21(27)13-18)15-16-7-3-1-4-8-16/h1-14H,15H2,(H2,23,24,25). The summed E-state index contributed by atoms with van der Waals surface area (Å²) in [5.41, 5.74) is 9.91. The number of anilines is 1. The van der Waals surface area contributed by atoms with E-state index in [0.29, 0.717) is 12.2 Å². The zero-order chi connectivity index (χ0) is 18.6. The Kier molecular flexibility index (Phi) is 4.49. The van der Waals surface area contributed by atoms with Crippen molar-refractivity contribution < 1.29 is 0 Å². The number of aromatic nitrogens is 3. The number of benzene rings is 2. The molecule has 0 atom stereocenters. The molecule has 2 aromatic carbocycles. The van der Waals surface area contributed by atoms with E-state index in [1.807, 2.05) is 72.8 Å². The van der Waals surface area contributed by atoms with E-state index in [0.717, 1.165) is 22.4 Å². The van der Waals surface area contributed by atoms with E-state index in [1.54, 1.807) is 16.8 Å². The van der Waals surface area contributed by atoms with Crippen LogP contribution in [0, 0.1) is 0 Å². The molecule has 0 unspecified atom stereocenters. The lowest BCUT2D eigenvalue weighted by atomic mass is 10.1. The highest BCUT2D eigenvalue weighted by molar-refractivity contribution is 5.68. The van der Waals surface area contributed by atoms with Gasteiger partial charge in [-0.05, 0) is 17.7 Å². The predicted octanol–water partition coefficient (Wildman–Crippen LogP) is 3.60. The van der Waals surface area contributed by atoms with Crippen molar-refractivity contribution in [3.05, 3.63) is 101 Å². The third-order valence-electron chi connectivity index (χ3n) is 4.30. The van der Waals surface area contributed by atoms with Crippen LogP contribution in [0.2, 0.25) is 0 Å². The smallest absolute Gasteiger partial charge is 0.251 e. The maximum Gasteiger partial charge on any atom is 0.251 e. The molecule has 2 aromatic heterocycles. The van der Waals surface area contributed by atoms with Crippen molar-refractivity contribution in [1.29, 1.82) is 0 Å². The number of nitrogens with zero attached hydrogens (tertiary/aromatic N) is 3. The molecule has 5 heteroatoms. The Balaban J connectivity index is 1.69. The zero-order valence-electron chi connectivity index (χ0n) is 14.6. The second-order valence-electron chi connectivity index (χ2n) is 6.23. The summed E-state index contributed by atoms with van der Waals surface area (Å²) >= 11 is 0. The van der Waals surface area contributed by atoms with E-state index < -0.39 is 0 Å². The SMILES string of the molecule is Nc1nc(-c2ccccc2)cc(-c2ccn(Cc3ccccc3)c(=O)c2)n1. The summed E-state index contributed by atoms with van der Waals surface area (Å²) in [5.74, 6) is 0.180. The molecule has 0 saturated carbocycles. The van der Waals surface area contributed by atoms with E-state index in [2.05, 4.69) is 9.97 Å². The molecule has 0 saturated heterocycles. The van der Waals surface area contributed by atoms with E-state index in [4.69, 9.17) is 5.73 Å². The van der Waals surface area contributed by atoms with Crippen molar-refractivity contribution in [2.45, 2.75) is 6.54 Å². The maximum absolute atomic E-state index is 12.5. The Hall–Kier alpha value is -3.73. The second kappa shape index (κ2) is 7.25.